The maximum Gasteiger partial charge on any atom is -0.00461 e. The molecule has 1 nitrogen and oxygen atoms in total. The Morgan fingerprint density at radius 1 is 1.23 bits per heavy atom. The van der Waals surface area contributed by atoms with Crippen LogP contribution in [-0.4, -0.2) is 6.54 Å². The normalized spacial score (nSPS) is 17.1. The van der Waals surface area contributed by atoms with Gasteiger partial charge in [-0.1, -0.05) is 47.5 Å². The van der Waals surface area contributed by atoms with Gasteiger partial charge in [-0.2, -0.15) is 0 Å². The van der Waals surface area contributed by atoms with E-state index in [1.54, 1.807) is 0 Å². The molecule has 0 heterocycles. The van der Waals surface area contributed by atoms with Crippen LogP contribution in [0.1, 0.15) is 53.9 Å². The largest absolute Gasteiger partial charge is 0.330 e. The average molecular weight is 185 g/mol. The van der Waals surface area contributed by atoms with Gasteiger partial charge in [0.1, 0.15) is 0 Å². The van der Waals surface area contributed by atoms with E-state index in [0.29, 0.717) is 11.3 Å². The van der Waals surface area contributed by atoms with E-state index in [1.807, 2.05) is 0 Å². The zero-order valence-corrected chi connectivity index (χ0v) is 10.1. The molecule has 0 aromatic heterocycles. The Labute approximate surface area is 84.1 Å². The predicted octanol–water partition coefficient (Wildman–Crippen LogP) is 3.43. The van der Waals surface area contributed by atoms with Gasteiger partial charge in [0.15, 0.2) is 0 Å². The second-order valence-electron chi connectivity index (χ2n) is 5.10. The highest BCUT2D eigenvalue weighted by molar-refractivity contribution is 4.75. The predicted molar refractivity (Wildman–Crippen MR) is 60.7 cm³/mol. The third-order valence-electron chi connectivity index (χ3n) is 3.52. The first-order chi connectivity index (χ1) is 5.96. The molecule has 0 radical (unpaired) electrons. The molecule has 2 unspecified atom stereocenters. The molecule has 0 aliphatic carbocycles. The zero-order valence-electron chi connectivity index (χ0n) is 10.1. The Morgan fingerprint density at radius 3 is 2.08 bits per heavy atom. The van der Waals surface area contributed by atoms with Crippen molar-refractivity contribution in [2.45, 2.75) is 53.9 Å². The second-order valence-corrected chi connectivity index (χ2v) is 5.10. The van der Waals surface area contributed by atoms with Crippen LogP contribution in [0.5, 0.6) is 0 Å². The smallest absolute Gasteiger partial charge is 0.00461 e. The number of hydrogen-bond acceptors (Lipinski definition) is 1. The Bertz CT molecular complexity index is 129. The van der Waals surface area contributed by atoms with Crippen LogP contribution in [0.2, 0.25) is 0 Å². The summed E-state index contributed by atoms with van der Waals surface area (Å²) in [5, 5.41) is 0. The minimum absolute atomic E-state index is 0.466. The number of hydrogen-bond donors (Lipinski definition) is 1. The molecule has 2 N–H and O–H groups in total. The van der Waals surface area contributed by atoms with E-state index >= 15 is 0 Å². The van der Waals surface area contributed by atoms with Crippen LogP contribution >= 0.6 is 0 Å². The molecule has 13 heavy (non-hydrogen) atoms. The first-order valence-corrected chi connectivity index (χ1v) is 5.66. The molecule has 0 aliphatic heterocycles. The molecule has 0 aliphatic rings. The first-order valence-electron chi connectivity index (χ1n) is 5.66. The Morgan fingerprint density at radius 2 is 1.77 bits per heavy atom. The summed E-state index contributed by atoms with van der Waals surface area (Å²) in [6.45, 7) is 12.4. The summed E-state index contributed by atoms with van der Waals surface area (Å²) < 4.78 is 0. The van der Waals surface area contributed by atoms with Crippen molar-refractivity contribution in [2.24, 2.45) is 23.0 Å². The summed E-state index contributed by atoms with van der Waals surface area (Å²) >= 11 is 0. The van der Waals surface area contributed by atoms with Crippen LogP contribution in [0.15, 0.2) is 0 Å². The molecule has 0 bridgehead atoms. The molecular weight excluding hydrogens is 158 g/mol. The first kappa shape index (κ1) is 13.0. The summed E-state index contributed by atoms with van der Waals surface area (Å²) in [5.74, 6) is 1.48. The van der Waals surface area contributed by atoms with Crippen molar-refractivity contribution in [2.75, 3.05) is 6.54 Å². The van der Waals surface area contributed by atoms with Crippen LogP contribution in [0.3, 0.4) is 0 Å². The average Bonchev–Trinajstić information content (AvgIpc) is 2.13. The third-order valence-corrected chi connectivity index (χ3v) is 3.52. The molecule has 0 rings (SSSR count). The van der Waals surface area contributed by atoms with Crippen molar-refractivity contribution < 1.29 is 0 Å². The minimum atomic E-state index is 0.466. The molecule has 0 aromatic carbocycles. The number of nitrogens with two attached hydrogens (primary N) is 1. The summed E-state index contributed by atoms with van der Waals surface area (Å²) in [6, 6.07) is 0. The summed E-state index contributed by atoms with van der Waals surface area (Å²) in [7, 11) is 0. The second kappa shape index (κ2) is 5.64. The monoisotopic (exact) mass is 185 g/mol. The van der Waals surface area contributed by atoms with Gasteiger partial charge in [-0.15, -0.1) is 0 Å². The Kier molecular flexibility index (Phi) is 5.62. The molecule has 0 spiro atoms. The van der Waals surface area contributed by atoms with E-state index in [0.717, 1.165) is 12.5 Å². The van der Waals surface area contributed by atoms with Gasteiger partial charge in [-0.3, -0.25) is 0 Å². The van der Waals surface area contributed by atoms with Crippen molar-refractivity contribution in [1.82, 2.24) is 0 Å². The molecular formula is C12H27N. The maximum absolute atomic E-state index is 5.81. The van der Waals surface area contributed by atoms with Crippen LogP contribution in [-0.2, 0) is 0 Å². The fraction of sp³-hybridized carbons (Fsp3) is 1.00. The van der Waals surface area contributed by atoms with Gasteiger partial charge < -0.3 is 5.73 Å². The van der Waals surface area contributed by atoms with E-state index in [2.05, 4.69) is 34.6 Å². The summed E-state index contributed by atoms with van der Waals surface area (Å²) in [5.41, 5.74) is 6.28. The highest BCUT2D eigenvalue weighted by Crippen LogP contribution is 2.32. The highest BCUT2D eigenvalue weighted by atomic mass is 14.6. The van der Waals surface area contributed by atoms with Crippen molar-refractivity contribution in [3.63, 3.8) is 0 Å². The maximum atomic E-state index is 5.81. The van der Waals surface area contributed by atoms with Gasteiger partial charge in [0.05, 0.1) is 0 Å². The van der Waals surface area contributed by atoms with E-state index in [4.69, 9.17) is 5.73 Å². The topological polar surface area (TPSA) is 26.0 Å². The van der Waals surface area contributed by atoms with E-state index in [1.165, 1.54) is 19.3 Å². The molecule has 0 amide bonds. The lowest BCUT2D eigenvalue weighted by Crippen LogP contribution is -2.27. The summed E-state index contributed by atoms with van der Waals surface area (Å²) in [6.07, 6.45) is 3.77. The van der Waals surface area contributed by atoms with Crippen molar-refractivity contribution in [3.05, 3.63) is 0 Å². The Hall–Kier alpha value is -0.0400. The van der Waals surface area contributed by atoms with Crippen LogP contribution in [0.25, 0.3) is 0 Å². The SMILES string of the molecule is CCC(C)C(CN)CC(C)(C)CC. The lowest BCUT2D eigenvalue weighted by molar-refractivity contribution is 0.210. The van der Waals surface area contributed by atoms with Gasteiger partial charge in [0.25, 0.3) is 0 Å². The molecule has 2 atom stereocenters. The van der Waals surface area contributed by atoms with Gasteiger partial charge in [-0.25, -0.2) is 0 Å². The van der Waals surface area contributed by atoms with Crippen LogP contribution in [0, 0.1) is 17.3 Å². The standard InChI is InChI=1S/C12H27N/c1-6-10(3)11(9-13)8-12(4,5)7-2/h10-11H,6-9,13H2,1-5H3. The summed E-state index contributed by atoms with van der Waals surface area (Å²) in [4.78, 5) is 0. The van der Waals surface area contributed by atoms with Crippen LogP contribution < -0.4 is 5.73 Å². The Balaban J connectivity index is 4.11. The molecule has 1 heteroatoms. The molecule has 0 saturated carbocycles. The minimum Gasteiger partial charge on any atom is -0.330 e. The van der Waals surface area contributed by atoms with Crippen molar-refractivity contribution in [3.8, 4) is 0 Å². The van der Waals surface area contributed by atoms with Crippen molar-refractivity contribution in [1.29, 1.82) is 0 Å². The molecule has 80 valence electrons. The number of rotatable bonds is 6. The molecule has 0 saturated heterocycles. The lowest BCUT2D eigenvalue weighted by atomic mass is 9.76. The van der Waals surface area contributed by atoms with Crippen LogP contribution in [0.4, 0.5) is 0 Å². The fourth-order valence-electron chi connectivity index (χ4n) is 1.70. The van der Waals surface area contributed by atoms with Gasteiger partial charge in [0.2, 0.25) is 0 Å². The highest BCUT2D eigenvalue weighted by Gasteiger charge is 2.23. The lowest BCUT2D eigenvalue weighted by Gasteiger charge is -2.31. The zero-order chi connectivity index (χ0) is 10.5. The third kappa shape index (κ3) is 4.66. The van der Waals surface area contributed by atoms with E-state index in [-0.39, 0.29) is 0 Å². The van der Waals surface area contributed by atoms with E-state index < -0.39 is 0 Å². The quantitative estimate of drug-likeness (QED) is 0.674. The van der Waals surface area contributed by atoms with Crippen molar-refractivity contribution >= 4 is 0 Å². The van der Waals surface area contributed by atoms with Gasteiger partial charge in [-0.05, 0) is 30.2 Å². The molecule has 0 fully saturated rings. The van der Waals surface area contributed by atoms with Gasteiger partial charge >= 0.3 is 0 Å². The van der Waals surface area contributed by atoms with Gasteiger partial charge in [0, 0.05) is 0 Å². The fourth-order valence-corrected chi connectivity index (χ4v) is 1.70. The molecule has 0 aromatic rings. The van der Waals surface area contributed by atoms with E-state index in [9.17, 15) is 0 Å².